The van der Waals surface area contributed by atoms with Crippen LogP contribution in [-0.4, -0.2) is 15.0 Å². The summed E-state index contributed by atoms with van der Waals surface area (Å²) in [6.07, 6.45) is 0. The largest absolute Gasteiger partial charge is 0.208 e. The van der Waals surface area contributed by atoms with Crippen LogP contribution >= 0.6 is 22.7 Å². The van der Waals surface area contributed by atoms with Crippen molar-refractivity contribution >= 4 is 63.0 Å². The molecule has 0 aliphatic rings. The van der Waals surface area contributed by atoms with Gasteiger partial charge >= 0.3 is 0 Å². The Balaban J connectivity index is 1.01. The van der Waals surface area contributed by atoms with Crippen LogP contribution in [0.5, 0.6) is 0 Å². The highest BCUT2D eigenvalue weighted by atomic mass is 32.1. The van der Waals surface area contributed by atoms with Crippen LogP contribution in [-0.2, 0) is 0 Å². The maximum absolute atomic E-state index is 8.92. The van der Waals surface area contributed by atoms with Gasteiger partial charge in [0.2, 0.25) is 0 Å². The molecule has 0 radical (unpaired) electrons. The molecule has 0 saturated carbocycles. The van der Waals surface area contributed by atoms with Crippen molar-refractivity contribution < 1.29 is 9.60 Å². The van der Waals surface area contributed by atoms with Crippen LogP contribution in [0.25, 0.3) is 108 Å². The number of aromatic nitrogens is 3. The molecule has 8 aromatic carbocycles. The van der Waals surface area contributed by atoms with Crippen molar-refractivity contribution in [2.24, 2.45) is 0 Å². The van der Waals surface area contributed by atoms with Crippen LogP contribution in [0.15, 0.2) is 188 Å². The minimum absolute atomic E-state index is 0.127. The molecule has 0 N–H and O–H groups in total. The zero-order valence-electron chi connectivity index (χ0n) is 36.5. The van der Waals surface area contributed by atoms with Gasteiger partial charge in [-0.2, -0.15) is 0 Å². The molecule has 262 valence electrons. The number of nitrogens with zero attached hydrogens (tertiary/aromatic N) is 3. The fraction of sp³-hybridized carbons (Fsp3) is 0. The lowest BCUT2D eigenvalue weighted by Crippen LogP contribution is -2.01. The summed E-state index contributed by atoms with van der Waals surface area (Å²) in [5.41, 5.74) is 7.66. The Morgan fingerprint density at radius 1 is 0.321 bits per heavy atom. The number of rotatable bonds is 6. The maximum Gasteiger partial charge on any atom is 0.165 e. The van der Waals surface area contributed by atoms with E-state index in [0.717, 1.165) is 60.4 Å². The number of benzene rings is 8. The Kier molecular flexibility index (Phi) is 6.29. The lowest BCUT2D eigenvalue weighted by molar-refractivity contribution is 1.08. The Morgan fingerprint density at radius 2 is 0.875 bits per heavy atom. The van der Waals surface area contributed by atoms with Crippen molar-refractivity contribution in [3.63, 3.8) is 0 Å². The van der Waals surface area contributed by atoms with E-state index in [1.165, 1.54) is 10.1 Å². The Morgan fingerprint density at radius 3 is 1.70 bits per heavy atom. The third kappa shape index (κ3) is 5.60. The first-order valence-corrected chi connectivity index (χ1v) is 19.7. The highest BCUT2D eigenvalue weighted by Gasteiger charge is 2.19. The van der Waals surface area contributed by atoms with E-state index in [1.807, 2.05) is 78.9 Å². The third-order valence-electron chi connectivity index (χ3n) is 10.1. The first kappa shape index (κ1) is 26.1. The van der Waals surface area contributed by atoms with Crippen molar-refractivity contribution in [3.8, 4) is 67.5 Å². The quantitative estimate of drug-likeness (QED) is 0.170. The van der Waals surface area contributed by atoms with Gasteiger partial charge in [0.25, 0.3) is 0 Å². The smallest absolute Gasteiger partial charge is 0.165 e. The fourth-order valence-electron chi connectivity index (χ4n) is 7.39. The predicted octanol–water partition coefficient (Wildman–Crippen LogP) is 14.6. The van der Waals surface area contributed by atoms with E-state index >= 15 is 0 Å². The molecule has 3 nitrogen and oxygen atoms in total. The van der Waals surface area contributed by atoms with Crippen LogP contribution in [0.3, 0.4) is 0 Å². The lowest BCUT2D eigenvalue weighted by atomic mass is 9.98. The van der Waals surface area contributed by atoms with Crippen molar-refractivity contribution in [3.05, 3.63) is 188 Å². The van der Waals surface area contributed by atoms with Gasteiger partial charge in [-0.3, -0.25) is 0 Å². The lowest BCUT2D eigenvalue weighted by Gasteiger charge is -2.12. The van der Waals surface area contributed by atoms with Gasteiger partial charge in [0.1, 0.15) is 0 Å². The summed E-state index contributed by atoms with van der Waals surface area (Å²) in [6.45, 7) is 0. The Hall–Kier alpha value is -6.79. The maximum atomic E-state index is 8.92. The van der Waals surface area contributed by atoms with Gasteiger partial charge in [-0.25, -0.2) is 15.0 Å². The average Bonchev–Trinajstić information content (AvgIpc) is 3.92. The van der Waals surface area contributed by atoms with Crippen molar-refractivity contribution in [2.45, 2.75) is 0 Å². The second-order valence-corrected chi connectivity index (χ2v) is 15.5. The second kappa shape index (κ2) is 13.5. The fourth-order valence-corrected chi connectivity index (χ4v) is 9.69. The van der Waals surface area contributed by atoms with Gasteiger partial charge in [0.05, 0.1) is 9.60 Å². The summed E-state index contributed by atoms with van der Waals surface area (Å²) in [5.74, 6) is 1.70. The molecule has 0 aliphatic heterocycles. The van der Waals surface area contributed by atoms with Crippen LogP contribution in [0, 0.1) is 0 Å². The molecule has 56 heavy (non-hydrogen) atoms. The van der Waals surface area contributed by atoms with Crippen molar-refractivity contribution in [2.75, 3.05) is 0 Å². The number of fused-ring (bicyclic) bond motifs is 6. The van der Waals surface area contributed by atoms with Crippen LogP contribution < -0.4 is 0 Å². The summed E-state index contributed by atoms with van der Waals surface area (Å²) in [6, 6.07) is 47.0. The highest BCUT2D eigenvalue weighted by molar-refractivity contribution is 7.26. The van der Waals surface area contributed by atoms with Crippen LogP contribution in [0.1, 0.15) is 9.60 Å². The summed E-state index contributed by atoms with van der Waals surface area (Å²) in [7, 11) is 0. The molecule has 0 bridgehead atoms. The average molecular weight is 757 g/mol. The van der Waals surface area contributed by atoms with Gasteiger partial charge < -0.3 is 0 Å². The summed E-state index contributed by atoms with van der Waals surface area (Å²) in [5, 5.41) is 2.84. The molecule has 11 rings (SSSR count). The van der Waals surface area contributed by atoms with E-state index in [2.05, 4.69) is 66.7 Å². The molecule has 3 heterocycles. The minimum atomic E-state index is -0.389. The van der Waals surface area contributed by atoms with Crippen molar-refractivity contribution in [1.82, 2.24) is 15.0 Å². The number of thiophene rings is 2. The van der Waals surface area contributed by atoms with E-state index in [9.17, 15) is 0 Å². The number of hydrogen-bond donors (Lipinski definition) is 0. The van der Waals surface area contributed by atoms with E-state index < -0.39 is 0 Å². The molecule has 0 atom stereocenters. The molecule has 11 aromatic rings. The number of hydrogen-bond acceptors (Lipinski definition) is 5. The van der Waals surface area contributed by atoms with E-state index in [1.54, 1.807) is 11.3 Å². The monoisotopic (exact) mass is 756 g/mol. The van der Waals surface area contributed by atoms with Crippen molar-refractivity contribution in [1.29, 1.82) is 0 Å². The second-order valence-electron chi connectivity index (χ2n) is 13.4. The molecule has 0 spiro atoms. The normalized spacial score (nSPS) is 13.3. The van der Waals surface area contributed by atoms with Gasteiger partial charge in [-0.05, 0) is 51.6 Å². The standard InChI is InChI=1S/C51H31N3S2/c1-2-12-34(13-3-1)37-14-4-5-17-43(37)50-52-49(53-51(54-50)44-21-11-20-42-40-16-7-9-23-46(40)56-48(42)44)36-30-26-33(27-31-36)32-24-28-35(29-25-32)38-18-10-19-41-39-15-6-8-22-45(39)55-47(38)41/h1-31H/i6D,8D,10D,15D,18D,19D,22D. The molecule has 0 amide bonds. The molecule has 5 heteroatoms. The minimum Gasteiger partial charge on any atom is -0.208 e. The molecular formula is C51H31N3S2. The Labute approximate surface area is 341 Å². The summed E-state index contributed by atoms with van der Waals surface area (Å²) >= 11 is 2.87. The zero-order chi connectivity index (χ0) is 43.1. The zero-order valence-corrected chi connectivity index (χ0v) is 31.1. The van der Waals surface area contributed by atoms with Gasteiger partial charge in [0.15, 0.2) is 17.5 Å². The first-order chi connectivity index (χ1) is 30.7. The summed E-state index contributed by atoms with van der Waals surface area (Å²) < 4.78 is 63.1. The van der Waals surface area contributed by atoms with E-state index in [4.69, 9.17) is 24.5 Å². The van der Waals surface area contributed by atoms with Crippen LogP contribution in [0.2, 0.25) is 0 Å². The van der Waals surface area contributed by atoms with Gasteiger partial charge in [-0.1, -0.05) is 170 Å². The summed E-state index contributed by atoms with van der Waals surface area (Å²) in [4.78, 5) is 15.5. The van der Waals surface area contributed by atoms with Crippen LogP contribution in [0.4, 0.5) is 0 Å². The molecule has 3 aromatic heterocycles. The molecule has 0 unspecified atom stereocenters. The third-order valence-corrected chi connectivity index (χ3v) is 12.5. The van der Waals surface area contributed by atoms with E-state index in [0.29, 0.717) is 38.0 Å². The molecule has 0 fully saturated rings. The predicted molar refractivity (Wildman–Crippen MR) is 238 cm³/mol. The Bertz CT molecular complexity index is 3640. The first-order valence-electron chi connectivity index (χ1n) is 21.6. The van der Waals surface area contributed by atoms with Gasteiger partial charge in [0, 0.05) is 57.0 Å². The molecular weight excluding hydrogens is 719 g/mol. The van der Waals surface area contributed by atoms with Gasteiger partial charge in [-0.15, -0.1) is 22.7 Å². The SMILES string of the molecule is [2H]c1c([2H])c([2H])c2c(sc3c(-c4ccc(-c5ccc(-c6nc(-c7ccccc7-c7ccccc7)nc(-c7cccc8c7sc7ccccc78)n6)cc5)cc4)c([2H])c([2H])c([2H])c32)c1[2H]. The topological polar surface area (TPSA) is 38.7 Å². The van der Waals surface area contributed by atoms with E-state index in [-0.39, 0.29) is 53.1 Å². The molecule has 0 saturated heterocycles. The highest BCUT2D eigenvalue weighted by Crippen LogP contribution is 2.42. The molecule has 0 aliphatic carbocycles.